The van der Waals surface area contributed by atoms with Crippen LogP contribution in [0.25, 0.3) is 0 Å². The van der Waals surface area contributed by atoms with Crippen molar-refractivity contribution in [2.24, 2.45) is 0 Å². The fourth-order valence-electron chi connectivity index (χ4n) is 1.71. The number of aliphatic hydroxyl groups is 1. The van der Waals surface area contributed by atoms with E-state index in [1.165, 1.54) is 12.1 Å². The average Bonchev–Trinajstić information content (AvgIpc) is 2.42. The predicted molar refractivity (Wildman–Crippen MR) is 76.4 cm³/mol. The molecule has 0 radical (unpaired) electrons. The van der Waals surface area contributed by atoms with Crippen molar-refractivity contribution in [3.63, 3.8) is 0 Å². The fourth-order valence-corrected chi connectivity index (χ4v) is 1.71. The van der Waals surface area contributed by atoms with Gasteiger partial charge in [0.25, 0.3) is 0 Å². The third kappa shape index (κ3) is 6.84. The number of nitrogens with one attached hydrogen (secondary N) is 1. The average molecular weight is 285 g/mol. The number of hydrogen-bond acceptors (Lipinski definition) is 4. The van der Waals surface area contributed by atoms with Crippen molar-refractivity contribution in [1.82, 2.24) is 5.32 Å². The molecule has 20 heavy (non-hydrogen) atoms. The summed E-state index contributed by atoms with van der Waals surface area (Å²) in [5.41, 5.74) is 0.827. The lowest BCUT2D eigenvalue weighted by Crippen LogP contribution is -2.23. The molecule has 0 aliphatic rings. The molecule has 0 aliphatic carbocycles. The molecule has 0 amide bonds. The largest absolute Gasteiger partial charge is 0.491 e. The number of rotatable bonds is 10. The summed E-state index contributed by atoms with van der Waals surface area (Å²) in [7, 11) is 0. The number of hydrogen-bond donors (Lipinski definition) is 2. The molecule has 114 valence electrons. The van der Waals surface area contributed by atoms with Crippen molar-refractivity contribution >= 4 is 0 Å². The first-order valence-electron chi connectivity index (χ1n) is 7.04. The van der Waals surface area contributed by atoms with Crippen LogP contribution >= 0.6 is 0 Å². The highest BCUT2D eigenvalue weighted by Gasteiger charge is 2.07. The Bertz CT molecular complexity index is 387. The van der Waals surface area contributed by atoms with E-state index >= 15 is 0 Å². The third-order valence-electron chi connectivity index (χ3n) is 2.64. The molecule has 0 heterocycles. The van der Waals surface area contributed by atoms with Gasteiger partial charge in [0.15, 0.2) is 0 Å². The van der Waals surface area contributed by atoms with Gasteiger partial charge in [0, 0.05) is 19.2 Å². The van der Waals surface area contributed by atoms with E-state index in [0.29, 0.717) is 18.9 Å². The molecule has 0 saturated carbocycles. The first kappa shape index (κ1) is 16.9. The Morgan fingerprint density at radius 3 is 2.75 bits per heavy atom. The van der Waals surface area contributed by atoms with E-state index in [1.54, 1.807) is 6.07 Å². The second-order valence-corrected chi connectivity index (χ2v) is 4.60. The lowest BCUT2D eigenvalue weighted by molar-refractivity contribution is 0.0164. The fraction of sp³-hybridized carbons (Fsp3) is 0.600. The van der Waals surface area contributed by atoms with Gasteiger partial charge < -0.3 is 19.9 Å². The summed E-state index contributed by atoms with van der Waals surface area (Å²) in [6.45, 7) is 6.28. The summed E-state index contributed by atoms with van der Waals surface area (Å²) >= 11 is 0. The van der Waals surface area contributed by atoms with Crippen molar-refractivity contribution in [3.8, 4) is 5.75 Å². The molecule has 4 nitrogen and oxygen atoms in total. The van der Waals surface area contributed by atoms with Crippen LogP contribution in [-0.4, -0.2) is 37.6 Å². The van der Waals surface area contributed by atoms with Gasteiger partial charge >= 0.3 is 0 Å². The van der Waals surface area contributed by atoms with Gasteiger partial charge in [0.1, 0.15) is 24.3 Å². The Hall–Kier alpha value is -1.17. The van der Waals surface area contributed by atoms with Crippen LogP contribution in [0.1, 0.15) is 25.8 Å². The Labute approximate surface area is 119 Å². The molecule has 1 aromatic rings. The molecule has 1 atom stereocenters. The van der Waals surface area contributed by atoms with Gasteiger partial charge in [-0.1, -0.05) is 6.92 Å². The highest BCUT2D eigenvalue weighted by molar-refractivity contribution is 5.29. The summed E-state index contributed by atoms with van der Waals surface area (Å²) in [5, 5.41) is 12.8. The Kier molecular flexibility index (Phi) is 8.18. The first-order valence-corrected chi connectivity index (χ1v) is 7.04. The van der Waals surface area contributed by atoms with Gasteiger partial charge in [0.2, 0.25) is 0 Å². The van der Waals surface area contributed by atoms with Gasteiger partial charge in [-0.05, 0) is 37.6 Å². The van der Waals surface area contributed by atoms with Crippen molar-refractivity contribution < 1.29 is 19.0 Å². The van der Waals surface area contributed by atoms with E-state index in [1.807, 2.05) is 6.92 Å². The van der Waals surface area contributed by atoms with Crippen LogP contribution in [0.4, 0.5) is 4.39 Å². The molecule has 1 rings (SSSR count). The Balaban J connectivity index is 2.48. The minimum atomic E-state index is -0.708. The molecule has 0 fully saturated rings. The molecule has 2 N–H and O–H groups in total. The van der Waals surface area contributed by atoms with Crippen LogP contribution in [0.5, 0.6) is 5.75 Å². The zero-order valence-corrected chi connectivity index (χ0v) is 12.2. The first-order chi connectivity index (χ1) is 9.65. The lowest BCUT2D eigenvalue weighted by atomic mass is 10.2. The summed E-state index contributed by atoms with van der Waals surface area (Å²) in [5.74, 6) is 0.0870. The topological polar surface area (TPSA) is 50.7 Å². The molecular weight excluding hydrogens is 261 g/mol. The molecule has 1 unspecified atom stereocenters. The zero-order chi connectivity index (χ0) is 14.8. The van der Waals surface area contributed by atoms with E-state index in [-0.39, 0.29) is 19.0 Å². The standard InChI is InChI=1S/C15H24FNO3/c1-3-5-17-9-12-6-13(16)8-15(7-12)20-11-14(18)10-19-4-2/h6-8,14,17-18H,3-5,9-11H2,1-2H3. The van der Waals surface area contributed by atoms with Crippen LogP contribution in [0.3, 0.4) is 0 Å². The summed E-state index contributed by atoms with van der Waals surface area (Å²) in [6, 6.07) is 4.57. The molecular formula is C15H24FNO3. The van der Waals surface area contributed by atoms with Gasteiger partial charge in [-0.2, -0.15) is 0 Å². The second kappa shape index (κ2) is 9.69. The molecule has 0 aromatic heterocycles. The van der Waals surface area contributed by atoms with Crippen molar-refractivity contribution in [2.75, 3.05) is 26.4 Å². The van der Waals surface area contributed by atoms with Gasteiger partial charge in [0.05, 0.1) is 6.61 Å². The molecule has 1 aromatic carbocycles. The minimum Gasteiger partial charge on any atom is -0.491 e. The lowest BCUT2D eigenvalue weighted by Gasteiger charge is -2.13. The van der Waals surface area contributed by atoms with E-state index in [0.717, 1.165) is 18.5 Å². The Morgan fingerprint density at radius 1 is 1.25 bits per heavy atom. The van der Waals surface area contributed by atoms with Gasteiger partial charge in [-0.3, -0.25) is 0 Å². The maximum atomic E-state index is 13.5. The summed E-state index contributed by atoms with van der Waals surface area (Å²) < 4.78 is 23.9. The third-order valence-corrected chi connectivity index (χ3v) is 2.64. The smallest absolute Gasteiger partial charge is 0.127 e. The maximum Gasteiger partial charge on any atom is 0.127 e. The molecule has 5 heteroatoms. The van der Waals surface area contributed by atoms with Crippen LogP contribution in [0.2, 0.25) is 0 Å². The van der Waals surface area contributed by atoms with Gasteiger partial charge in [-0.25, -0.2) is 4.39 Å². The van der Waals surface area contributed by atoms with E-state index in [4.69, 9.17) is 9.47 Å². The molecule has 0 saturated heterocycles. The number of ether oxygens (including phenoxy) is 2. The number of aliphatic hydroxyl groups excluding tert-OH is 1. The van der Waals surface area contributed by atoms with E-state index in [9.17, 15) is 9.50 Å². The highest BCUT2D eigenvalue weighted by Crippen LogP contribution is 2.16. The van der Waals surface area contributed by atoms with Gasteiger partial charge in [-0.15, -0.1) is 0 Å². The van der Waals surface area contributed by atoms with E-state index in [2.05, 4.69) is 12.2 Å². The number of halogens is 1. The second-order valence-electron chi connectivity index (χ2n) is 4.60. The van der Waals surface area contributed by atoms with Crippen LogP contribution in [0, 0.1) is 5.82 Å². The molecule has 0 spiro atoms. The SMILES string of the molecule is CCCNCc1cc(F)cc(OCC(O)COCC)c1. The van der Waals surface area contributed by atoms with Crippen molar-refractivity contribution in [2.45, 2.75) is 32.9 Å². The van der Waals surface area contributed by atoms with Crippen LogP contribution in [-0.2, 0) is 11.3 Å². The predicted octanol–water partition coefficient (Wildman–Crippen LogP) is 2.10. The van der Waals surface area contributed by atoms with Crippen molar-refractivity contribution in [1.29, 1.82) is 0 Å². The van der Waals surface area contributed by atoms with E-state index < -0.39 is 6.10 Å². The Morgan fingerprint density at radius 2 is 2.05 bits per heavy atom. The zero-order valence-electron chi connectivity index (χ0n) is 12.2. The summed E-state index contributed by atoms with van der Waals surface area (Å²) in [6.07, 6.45) is 0.322. The number of benzene rings is 1. The van der Waals surface area contributed by atoms with Crippen LogP contribution < -0.4 is 10.1 Å². The molecule has 0 bridgehead atoms. The minimum absolute atomic E-state index is 0.0886. The molecule has 0 aliphatic heterocycles. The normalized spacial score (nSPS) is 12.4. The quantitative estimate of drug-likeness (QED) is 0.646. The monoisotopic (exact) mass is 285 g/mol. The highest BCUT2D eigenvalue weighted by atomic mass is 19.1. The van der Waals surface area contributed by atoms with Crippen molar-refractivity contribution in [3.05, 3.63) is 29.6 Å². The summed E-state index contributed by atoms with van der Waals surface area (Å²) in [4.78, 5) is 0. The van der Waals surface area contributed by atoms with Crippen LogP contribution in [0.15, 0.2) is 18.2 Å². The maximum absolute atomic E-state index is 13.5.